The number of thiol groups is 1. The van der Waals surface area contributed by atoms with Crippen LogP contribution in [0.3, 0.4) is 0 Å². The number of piperazine rings is 1. The molecule has 8 rings (SSSR count). The van der Waals surface area contributed by atoms with Gasteiger partial charge in [0.25, 0.3) is 0 Å². The summed E-state index contributed by atoms with van der Waals surface area (Å²) in [5.41, 5.74) is 1.56. The molecule has 2 unspecified atom stereocenters. The lowest BCUT2D eigenvalue weighted by atomic mass is 9.94. The van der Waals surface area contributed by atoms with Gasteiger partial charge in [-0.1, -0.05) is 6.07 Å². The lowest BCUT2D eigenvalue weighted by Gasteiger charge is -2.37. The monoisotopic (exact) mass is 817 g/mol. The molecule has 306 valence electrons. The molecule has 0 saturated carbocycles. The molecule has 0 aliphatic carbocycles. The third kappa shape index (κ3) is 7.82. The summed E-state index contributed by atoms with van der Waals surface area (Å²) >= 11 is 4.65. The van der Waals surface area contributed by atoms with Crippen LogP contribution in [0.15, 0.2) is 91.3 Å². The van der Waals surface area contributed by atoms with Crippen molar-refractivity contribution in [3.8, 4) is 5.75 Å². The fourth-order valence-corrected chi connectivity index (χ4v) is 8.18. The van der Waals surface area contributed by atoms with E-state index in [1.54, 1.807) is 11.1 Å². The minimum Gasteiger partial charge on any atom is -0.488 e. The van der Waals surface area contributed by atoms with Gasteiger partial charge in [0.05, 0.1) is 26.8 Å². The number of carbonyl (C=O) groups excluding carboxylic acids is 2. The summed E-state index contributed by atoms with van der Waals surface area (Å²) < 4.78 is 53.3. The molecule has 4 aliphatic rings. The Bertz CT molecular complexity index is 2120. The molecule has 3 aromatic carbocycles. The quantitative estimate of drug-likeness (QED) is 0.156. The predicted molar refractivity (Wildman–Crippen MR) is 213 cm³/mol. The highest BCUT2D eigenvalue weighted by molar-refractivity contribution is 7.80. The number of esters is 1. The Morgan fingerprint density at radius 1 is 1.00 bits per heavy atom. The number of amides is 2. The molecule has 4 aliphatic heterocycles. The fraction of sp³-hybridized carbons (Fsp3) is 0.400. The molecule has 0 bridgehead atoms. The fourth-order valence-electron chi connectivity index (χ4n) is 7.82. The van der Waals surface area contributed by atoms with Gasteiger partial charge in [-0.2, -0.15) is 5.10 Å². The summed E-state index contributed by atoms with van der Waals surface area (Å²) in [7, 11) is 1.33. The normalized spacial score (nSPS) is 23.5. The lowest BCUT2D eigenvalue weighted by molar-refractivity contribution is -0.136. The van der Waals surface area contributed by atoms with Crippen molar-refractivity contribution in [2.75, 3.05) is 67.7 Å². The van der Waals surface area contributed by atoms with Gasteiger partial charge >= 0.3 is 12.0 Å². The summed E-state index contributed by atoms with van der Waals surface area (Å²) in [6.07, 6.45) is 3.35. The van der Waals surface area contributed by atoms with E-state index >= 15 is 0 Å². The number of urea groups is 1. The molecule has 1 N–H and O–H groups in total. The van der Waals surface area contributed by atoms with Crippen LogP contribution in [0.5, 0.6) is 5.75 Å². The molecule has 0 radical (unpaired) electrons. The van der Waals surface area contributed by atoms with Gasteiger partial charge in [-0.05, 0) is 68.4 Å². The van der Waals surface area contributed by atoms with Gasteiger partial charge in [-0.25, -0.2) is 28.0 Å². The first-order valence-corrected chi connectivity index (χ1v) is 19.6. The van der Waals surface area contributed by atoms with Crippen molar-refractivity contribution in [2.45, 2.75) is 50.0 Å². The average molecular weight is 818 g/mol. The van der Waals surface area contributed by atoms with Crippen LogP contribution in [-0.4, -0.2) is 114 Å². The molecule has 4 aromatic rings. The van der Waals surface area contributed by atoms with Crippen LogP contribution in [0.1, 0.15) is 19.4 Å². The standard InChI is InChI=1S/C40H45F2N9O6S/c1-26(2)49-20-35(50-19-34(37(52)54-3)45-38(50)58)51(39(49)53)30-7-5-28(6-8-30)46-14-16-47(17-15-46)29-9-11-31(12-10-29)55-21-36-56-23-40(57-36,22-48-25-43-24-44-48)32-13-4-27(41)18-33(32)42/h4-13,18-19,24-26,35-36,38,45,58H,14-17,20-23H2,1-3H3/t35?,36-,38?,40+/m0/s1. The second-order valence-electron chi connectivity index (χ2n) is 14.7. The van der Waals surface area contributed by atoms with E-state index in [-0.39, 0.29) is 43.1 Å². The van der Waals surface area contributed by atoms with Crippen LogP contribution >= 0.6 is 12.6 Å². The van der Waals surface area contributed by atoms with Crippen LogP contribution in [-0.2, 0) is 31.2 Å². The Morgan fingerprint density at radius 2 is 1.67 bits per heavy atom. The van der Waals surface area contributed by atoms with Crippen molar-refractivity contribution in [3.63, 3.8) is 0 Å². The predicted octanol–water partition coefficient (Wildman–Crippen LogP) is 4.34. The van der Waals surface area contributed by atoms with Crippen molar-refractivity contribution >= 4 is 41.7 Å². The van der Waals surface area contributed by atoms with Gasteiger partial charge in [0.15, 0.2) is 6.29 Å². The zero-order valence-corrected chi connectivity index (χ0v) is 33.2. The summed E-state index contributed by atoms with van der Waals surface area (Å²) in [5, 5.41) is 7.17. The Hall–Kier alpha value is -5.59. The number of halogens is 2. The molecule has 2 amide bonds. The topological polar surface area (TPSA) is 130 Å². The number of hydrogen-bond acceptors (Lipinski definition) is 13. The van der Waals surface area contributed by atoms with Crippen molar-refractivity contribution in [1.82, 2.24) is 29.9 Å². The van der Waals surface area contributed by atoms with Crippen LogP contribution in [0.4, 0.5) is 30.6 Å². The van der Waals surface area contributed by atoms with Crippen molar-refractivity contribution in [3.05, 3.63) is 108 Å². The lowest BCUT2D eigenvalue weighted by Crippen LogP contribution is -2.48. The smallest absolute Gasteiger partial charge is 0.355 e. The van der Waals surface area contributed by atoms with Crippen molar-refractivity contribution in [2.24, 2.45) is 0 Å². The number of rotatable bonds is 12. The molecule has 1 aromatic heterocycles. The molecule has 58 heavy (non-hydrogen) atoms. The summed E-state index contributed by atoms with van der Waals surface area (Å²) in [4.78, 5) is 40.0. The molecule has 3 fully saturated rings. The van der Waals surface area contributed by atoms with Gasteiger partial charge in [-0.3, -0.25) is 4.90 Å². The second kappa shape index (κ2) is 16.3. The maximum Gasteiger partial charge on any atom is 0.355 e. The SMILES string of the molecule is COC(=O)C1=CN(C2CN(C(C)C)C(=O)N2c2ccc(N3CCN(c4ccc(OC[C@H]5OC[C@](Cn6cncn6)(c6ccc(F)cc6F)O5)cc4)CC3)cc2)C(S)N1. The third-order valence-electron chi connectivity index (χ3n) is 10.9. The minimum atomic E-state index is -1.25. The largest absolute Gasteiger partial charge is 0.488 e. The molecule has 4 atom stereocenters. The van der Waals surface area contributed by atoms with Crippen molar-refractivity contribution in [1.29, 1.82) is 0 Å². The maximum absolute atomic E-state index is 15.0. The number of anilines is 3. The van der Waals surface area contributed by atoms with E-state index < -0.39 is 41.2 Å². The summed E-state index contributed by atoms with van der Waals surface area (Å²) in [5.74, 6) is -1.29. The first-order valence-electron chi connectivity index (χ1n) is 19.0. The van der Waals surface area contributed by atoms with Gasteiger partial charge in [0.1, 0.15) is 59.6 Å². The average Bonchev–Trinajstić information content (AvgIpc) is 4.04. The molecular weight excluding hydrogens is 773 g/mol. The Kier molecular flexibility index (Phi) is 11.1. The highest BCUT2D eigenvalue weighted by Gasteiger charge is 2.47. The molecule has 0 spiro atoms. The Labute approximate surface area is 340 Å². The van der Waals surface area contributed by atoms with E-state index in [0.717, 1.165) is 49.3 Å². The van der Waals surface area contributed by atoms with Gasteiger partial charge in [-0.15, -0.1) is 12.6 Å². The first kappa shape index (κ1) is 39.2. The van der Waals surface area contributed by atoms with Crippen LogP contribution in [0.2, 0.25) is 0 Å². The highest BCUT2D eigenvalue weighted by atomic mass is 32.1. The molecule has 15 nitrogen and oxygen atoms in total. The van der Waals surface area contributed by atoms with Crippen LogP contribution < -0.4 is 24.8 Å². The van der Waals surface area contributed by atoms with Crippen LogP contribution in [0, 0.1) is 11.6 Å². The highest BCUT2D eigenvalue weighted by Crippen LogP contribution is 2.38. The van der Waals surface area contributed by atoms with Crippen LogP contribution in [0.25, 0.3) is 0 Å². The van der Waals surface area contributed by atoms with Gasteiger partial charge < -0.3 is 43.9 Å². The molecule has 5 heterocycles. The number of benzene rings is 3. The van der Waals surface area contributed by atoms with E-state index in [1.165, 1.54) is 36.6 Å². The number of ether oxygens (including phenoxy) is 4. The second-order valence-corrected chi connectivity index (χ2v) is 15.2. The van der Waals surface area contributed by atoms with E-state index in [1.807, 2.05) is 72.2 Å². The molecule has 18 heteroatoms. The van der Waals surface area contributed by atoms with Crippen molar-refractivity contribution < 1.29 is 37.3 Å². The van der Waals surface area contributed by atoms with Gasteiger partial charge in [0, 0.05) is 67.1 Å². The van der Waals surface area contributed by atoms with E-state index in [0.29, 0.717) is 12.3 Å². The first-order chi connectivity index (χ1) is 28.0. The van der Waals surface area contributed by atoms with Gasteiger partial charge in [0.2, 0.25) is 0 Å². The number of hydrogen-bond donors (Lipinski definition) is 2. The minimum absolute atomic E-state index is 0.0137. The maximum atomic E-state index is 15.0. The zero-order valence-electron chi connectivity index (χ0n) is 32.3. The Morgan fingerprint density at radius 3 is 2.29 bits per heavy atom. The van der Waals surface area contributed by atoms with E-state index in [4.69, 9.17) is 18.9 Å². The summed E-state index contributed by atoms with van der Waals surface area (Å²) in [6.45, 7) is 7.79. The third-order valence-corrected chi connectivity index (χ3v) is 11.2. The zero-order chi connectivity index (χ0) is 40.6. The molecular formula is C40H45F2N9O6S. The number of nitrogens with zero attached hydrogens (tertiary/aromatic N) is 8. The number of aromatic nitrogens is 3. The van der Waals surface area contributed by atoms with E-state index in [9.17, 15) is 18.4 Å². The van der Waals surface area contributed by atoms with E-state index in [2.05, 4.69) is 37.8 Å². The molecule has 3 saturated heterocycles. The Balaban J connectivity index is 0.861. The number of nitrogens with one attached hydrogen (secondary N) is 1. The summed E-state index contributed by atoms with van der Waals surface area (Å²) in [6, 6.07) is 19.1. The number of methoxy groups -OCH3 is 1. The number of carbonyl (C=O) groups is 2.